The van der Waals surface area contributed by atoms with Gasteiger partial charge in [0.2, 0.25) is 0 Å². The first-order valence-electron chi connectivity index (χ1n) is 8.59. The Morgan fingerprint density at radius 3 is 2.71 bits per heavy atom. The fourth-order valence-corrected chi connectivity index (χ4v) is 4.84. The van der Waals surface area contributed by atoms with Crippen molar-refractivity contribution in [1.82, 2.24) is 0 Å². The molecule has 0 atom stereocenters. The van der Waals surface area contributed by atoms with Crippen LogP contribution in [0.2, 0.25) is 5.02 Å². The van der Waals surface area contributed by atoms with E-state index in [1.165, 1.54) is 36.1 Å². The van der Waals surface area contributed by atoms with E-state index in [9.17, 15) is 0 Å². The number of para-hydroxylation sites is 1. The molecule has 2 aromatic rings. The van der Waals surface area contributed by atoms with E-state index in [4.69, 9.17) is 16.6 Å². The second-order valence-electron chi connectivity index (χ2n) is 6.60. The molecule has 1 aliphatic carbocycles. The Kier molecular flexibility index (Phi) is 4.55. The molecule has 24 heavy (non-hydrogen) atoms. The van der Waals surface area contributed by atoms with E-state index in [2.05, 4.69) is 35.6 Å². The number of hydrogen-bond donors (Lipinski definition) is 1. The fraction of sp³-hybridized carbons (Fsp3) is 0.350. The number of fused-ring (bicyclic) bond motifs is 1. The van der Waals surface area contributed by atoms with Crippen molar-refractivity contribution >= 4 is 34.1 Å². The molecule has 0 amide bonds. The third-order valence-corrected chi connectivity index (χ3v) is 6.08. The highest BCUT2D eigenvalue weighted by Gasteiger charge is 2.35. The van der Waals surface area contributed by atoms with Gasteiger partial charge in [0.05, 0.1) is 0 Å². The van der Waals surface area contributed by atoms with Crippen molar-refractivity contribution in [2.75, 3.05) is 5.32 Å². The molecular formula is C20H21ClN2S. The normalized spacial score (nSPS) is 18.6. The highest BCUT2D eigenvalue weighted by molar-refractivity contribution is 8.13. The molecule has 0 saturated heterocycles. The summed E-state index contributed by atoms with van der Waals surface area (Å²) in [6, 6.07) is 16.6. The highest BCUT2D eigenvalue weighted by atomic mass is 35.5. The standard InChI is InChI=1S/C20H21ClN2S/c21-16-8-6-7-15(13-16)14-24-19-17-9-2-3-10-18(17)22-20(23-19)11-4-1-5-12-20/h2-3,6-10,13,22H,1,4-5,11-12,14H2. The number of benzene rings is 2. The van der Waals surface area contributed by atoms with E-state index in [0.29, 0.717) is 0 Å². The lowest BCUT2D eigenvalue weighted by molar-refractivity contribution is 0.335. The highest BCUT2D eigenvalue weighted by Crippen LogP contribution is 2.40. The Bertz CT molecular complexity index is 766. The molecule has 1 spiro atoms. The second kappa shape index (κ2) is 6.81. The van der Waals surface area contributed by atoms with Crippen LogP contribution >= 0.6 is 23.4 Å². The molecule has 2 nitrogen and oxygen atoms in total. The summed E-state index contributed by atoms with van der Waals surface area (Å²) in [5, 5.41) is 5.68. The van der Waals surface area contributed by atoms with Gasteiger partial charge >= 0.3 is 0 Å². The van der Waals surface area contributed by atoms with E-state index in [-0.39, 0.29) is 5.66 Å². The zero-order chi connectivity index (χ0) is 16.4. The summed E-state index contributed by atoms with van der Waals surface area (Å²) in [5.74, 6) is 0.893. The van der Waals surface area contributed by atoms with Gasteiger partial charge in [-0.2, -0.15) is 0 Å². The summed E-state index contributed by atoms with van der Waals surface area (Å²) >= 11 is 7.94. The summed E-state index contributed by atoms with van der Waals surface area (Å²) < 4.78 is 0. The molecule has 1 saturated carbocycles. The molecule has 4 rings (SSSR count). The molecule has 1 N–H and O–H groups in total. The van der Waals surface area contributed by atoms with Crippen molar-refractivity contribution in [3.05, 3.63) is 64.7 Å². The van der Waals surface area contributed by atoms with Crippen LogP contribution in [-0.4, -0.2) is 10.7 Å². The van der Waals surface area contributed by atoms with Crippen LogP contribution in [0, 0.1) is 0 Å². The molecule has 0 bridgehead atoms. The topological polar surface area (TPSA) is 24.4 Å². The molecule has 1 fully saturated rings. The lowest BCUT2D eigenvalue weighted by atomic mass is 9.88. The van der Waals surface area contributed by atoms with E-state index < -0.39 is 0 Å². The largest absolute Gasteiger partial charge is 0.361 e. The van der Waals surface area contributed by atoms with Gasteiger partial charge < -0.3 is 5.32 Å². The van der Waals surface area contributed by atoms with Gasteiger partial charge in [0.1, 0.15) is 10.7 Å². The molecule has 1 heterocycles. The number of nitrogens with one attached hydrogen (secondary N) is 1. The number of anilines is 1. The minimum absolute atomic E-state index is 0.0940. The maximum absolute atomic E-state index is 6.11. The Hall–Kier alpha value is -1.45. The van der Waals surface area contributed by atoms with Gasteiger partial charge in [0, 0.05) is 22.0 Å². The Morgan fingerprint density at radius 2 is 1.88 bits per heavy atom. The zero-order valence-electron chi connectivity index (χ0n) is 13.6. The van der Waals surface area contributed by atoms with Gasteiger partial charge in [0.15, 0.2) is 0 Å². The third kappa shape index (κ3) is 3.33. The average molecular weight is 357 g/mol. The Balaban J connectivity index is 1.62. The summed E-state index contributed by atoms with van der Waals surface area (Å²) in [7, 11) is 0. The number of thioether (sulfide) groups is 1. The van der Waals surface area contributed by atoms with Crippen LogP contribution in [0.15, 0.2) is 53.5 Å². The molecule has 0 radical (unpaired) electrons. The molecule has 1 aliphatic heterocycles. The molecule has 2 aromatic carbocycles. The van der Waals surface area contributed by atoms with E-state index in [1.54, 1.807) is 0 Å². The maximum atomic E-state index is 6.11. The number of aliphatic imine (C=N–C) groups is 1. The SMILES string of the molecule is Clc1cccc(CSC2=NC3(CCCCC3)Nc3ccccc32)c1. The van der Waals surface area contributed by atoms with Gasteiger partial charge in [-0.05, 0) is 49.4 Å². The number of hydrogen-bond acceptors (Lipinski definition) is 3. The molecule has 124 valence electrons. The summed E-state index contributed by atoms with van der Waals surface area (Å²) in [6.07, 6.45) is 6.09. The smallest absolute Gasteiger partial charge is 0.130 e. The molecule has 0 aromatic heterocycles. The fourth-order valence-electron chi connectivity index (χ4n) is 3.57. The van der Waals surface area contributed by atoms with Gasteiger partial charge in [-0.15, -0.1) is 11.8 Å². The zero-order valence-corrected chi connectivity index (χ0v) is 15.2. The monoisotopic (exact) mass is 356 g/mol. The van der Waals surface area contributed by atoms with Crippen LogP contribution in [-0.2, 0) is 5.75 Å². The predicted molar refractivity (Wildman–Crippen MR) is 105 cm³/mol. The van der Waals surface area contributed by atoms with Crippen molar-refractivity contribution < 1.29 is 0 Å². The minimum Gasteiger partial charge on any atom is -0.361 e. The Labute approximate surface area is 152 Å². The van der Waals surface area contributed by atoms with Crippen LogP contribution in [0.1, 0.15) is 43.2 Å². The van der Waals surface area contributed by atoms with Crippen LogP contribution in [0.4, 0.5) is 5.69 Å². The summed E-state index contributed by atoms with van der Waals surface area (Å²) in [4.78, 5) is 5.19. The van der Waals surface area contributed by atoms with E-state index >= 15 is 0 Å². The molecule has 2 aliphatic rings. The van der Waals surface area contributed by atoms with E-state index in [0.717, 1.165) is 28.7 Å². The number of rotatable bonds is 2. The van der Waals surface area contributed by atoms with Crippen molar-refractivity contribution in [3.8, 4) is 0 Å². The first kappa shape index (κ1) is 16.0. The average Bonchev–Trinajstić information content (AvgIpc) is 2.60. The third-order valence-electron chi connectivity index (χ3n) is 4.79. The van der Waals surface area contributed by atoms with Gasteiger partial charge in [-0.25, -0.2) is 4.99 Å². The first-order valence-corrected chi connectivity index (χ1v) is 9.95. The van der Waals surface area contributed by atoms with Crippen LogP contribution in [0.25, 0.3) is 0 Å². The number of halogens is 1. The van der Waals surface area contributed by atoms with Crippen molar-refractivity contribution in [3.63, 3.8) is 0 Å². The molecule has 4 heteroatoms. The van der Waals surface area contributed by atoms with E-state index in [1.807, 2.05) is 30.0 Å². The van der Waals surface area contributed by atoms with Crippen LogP contribution in [0.5, 0.6) is 0 Å². The second-order valence-corrected chi connectivity index (χ2v) is 8.00. The summed E-state index contributed by atoms with van der Waals surface area (Å²) in [5.41, 5.74) is 3.59. The van der Waals surface area contributed by atoms with Crippen LogP contribution in [0.3, 0.4) is 0 Å². The lowest BCUT2D eigenvalue weighted by Gasteiger charge is -2.39. The minimum atomic E-state index is -0.0940. The first-order chi connectivity index (χ1) is 11.7. The number of nitrogens with zero attached hydrogens (tertiary/aromatic N) is 1. The van der Waals surface area contributed by atoms with Crippen LogP contribution < -0.4 is 5.32 Å². The van der Waals surface area contributed by atoms with Crippen molar-refractivity contribution in [2.45, 2.75) is 43.5 Å². The van der Waals surface area contributed by atoms with Gasteiger partial charge in [0.25, 0.3) is 0 Å². The van der Waals surface area contributed by atoms with Gasteiger partial charge in [-0.1, -0.05) is 48.4 Å². The van der Waals surface area contributed by atoms with Crippen molar-refractivity contribution in [1.29, 1.82) is 0 Å². The Morgan fingerprint density at radius 1 is 1.04 bits per heavy atom. The molecular weight excluding hydrogens is 336 g/mol. The summed E-state index contributed by atoms with van der Waals surface area (Å²) in [6.45, 7) is 0. The predicted octanol–water partition coefficient (Wildman–Crippen LogP) is 6.11. The van der Waals surface area contributed by atoms with Crippen molar-refractivity contribution in [2.24, 2.45) is 4.99 Å². The molecule has 0 unspecified atom stereocenters. The quantitative estimate of drug-likeness (QED) is 0.702. The van der Waals surface area contributed by atoms with Gasteiger partial charge in [-0.3, -0.25) is 0 Å². The maximum Gasteiger partial charge on any atom is 0.130 e. The lowest BCUT2D eigenvalue weighted by Crippen LogP contribution is -2.42.